The number of rotatable bonds is 6. The maximum atomic E-state index is 6.60. The van der Waals surface area contributed by atoms with Gasteiger partial charge in [-0.1, -0.05) is 103 Å². The SMILES string of the molecule is Nc1c(C=Cc2ccccc2)cc(Cc2ccccc2)c(Cc2ccccc2)c1N. The molecule has 0 spiro atoms. The molecule has 0 aliphatic rings. The molecule has 30 heavy (non-hydrogen) atoms. The molecule has 2 nitrogen and oxygen atoms in total. The first-order valence-corrected chi connectivity index (χ1v) is 10.2. The van der Waals surface area contributed by atoms with Crippen LogP contribution in [0.25, 0.3) is 12.2 Å². The Balaban J connectivity index is 1.76. The largest absolute Gasteiger partial charge is 0.397 e. The van der Waals surface area contributed by atoms with Crippen LogP contribution in [-0.2, 0) is 12.8 Å². The molecule has 0 radical (unpaired) electrons. The van der Waals surface area contributed by atoms with Crippen molar-refractivity contribution in [1.29, 1.82) is 0 Å². The zero-order chi connectivity index (χ0) is 20.8. The van der Waals surface area contributed by atoms with Crippen molar-refractivity contribution >= 4 is 23.5 Å². The van der Waals surface area contributed by atoms with Gasteiger partial charge in [0.25, 0.3) is 0 Å². The Morgan fingerprint density at radius 1 is 0.567 bits per heavy atom. The Labute approximate surface area is 178 Å². The van der Waals surface area contributed by atoms with Crippen molar-refractivity contribution in [3.63, 3.8) is 0 Å². The van der Waals surface area contributed by atoms with E-state index >= 15 is 0 Å². The molecule has 4 rings (SSSR count). The third kappa shape index (κ3) is 4.61. The van der Waals surface area contributed by atoms with Crippen LogP contribution in [0.5, 0.6) is 0 Å². The first-order valence-electron chi connectivity index (χ1n) is 10.2. The average molecular weight is 391 g/mol. The fraction of sp³-hybridized carbons (Fsp3) is 0.0714. The van der Waals surface area contributed by atoms with Crippen molar-refractivity contribution in [2.75, 3.05) is 11.5 Å². The number of nitrogens with two attached hydrogens (primary N) is 2. The van der Waals surface area contributed by atoms with E-state index in [2.05, 4.69) is 78.9 Å². The van der Waals surface area contributed by atoms with Gasteiger partial charge in [0, 0.05) is 0 Å². The summed E-state index contributed by atoms with van der Waals surface area (Å²) in [6, 6.07) is 33.3. The van der Waals surface area contributed by atoms with Crippen molar-refractivity contribution in [3.05, 3.63) is 130 Å². The molecular weight excluding hydrogens is 364 g/mol. The van der Waals surface area contributed by atoms with Gasteiger partial charge in [0.05, 0.1) is 11.4 Å². The van der Waals surface area contributed by atoms with Gasteiger partial charge in [-0.2, -0.15) is 0 Å². The second-order valence-electron chi connectivity index (χ2n) is 7.50. The molecule has 0 aliphatic carbocycles. The number of benzene rings is 4. The van der Waals surface area contributed by atoms with E-state index in [-0.39, 0.29) is 0 Å². The van der Waals surface area contributed by atoms with Gasteiger partial charge in [0.2, 0.25) is 0 Å². The summed E-state index contributed by atoms with van der Waals surface area (Å²) < 4.78 is 0. The van der Waals surface area contributed by atoms with Gasteiger partial charge in [0.15, 0.2) is 0 Å². The highest BCUT2D eigenvalue weighted by atomic mass is 14.7. The van der Waals surface area contributed by atoms with E-state index in [1.165, 1.54) is 16.7 Å². The summed E-state index contributed by atoms with van der Waals surface area (Å²) in [7, 11) is 0. The molecule has 148 valence electrons. The molecule has 0 heterocycles. The Kier molecular flexibility index (Phi) is 5.95. The van der Waals surface area contributed by atoms with E-state index in [0.29, 0.717) is 11.4 Å². The normalized spacial score (nSPS) is 11.1. The van der Waals surface area contributed by atoms with Crippen LogP contribution in [0.3, 0.4) is 0 Å². The topological polar surface area (TPSA) is 52.0 Å². The standard InChI is InChI=1S/C28H26N2/c29-27-24(17-16-21-10-4-1-5-11-21)20-25(18-22-12-6-2-7-13-22)26(28(27)30)19-23-14-8-3-9-15-23/h1-17,20H,18-19,29-30H2. The summed E-state index contributed by atoms with van der Waals surface area (Å²) in [6.45, 7) is 0. The monoisotopic (exact) mass is 390 g/mol. The molecule has 2 heteroatoms. The van der Waals surface area contributed by atoms with Crippen LogP contribution < -0.4 is 11.5 Å². The predicted octanol–water partition coefficient (Wildman–Crippen LogP) is 6.20. The van der Waals surface area contributed by atoms with Gasteiger partial charge in [0.1, 0.15) is 0 Å². The van der Waals surface area contributed by atoms with Gasteiger partial charge < -0.3 is 11.5 Å². The lowest BCUT2D eigenvalue weighted by Gasteiger charge is -2.17. The Bertz CT molecular complexity index is 1130. The molecule has 0 bridgehead atoms. The Morgan fingerprint density at radius 2 is 1.10 bits per heavy atom. The van der Waals surface area contributed by atoms with Crippen LogP contribution in [0.2, 0.25) is 0 Å². The molecule has 0 atom stereocenters. The molecule has 0 fully saturated rings. The van der Waals surface area contributed by atoms with Crippen LogP contribution in [0.15, 0.2) is 97.1 Å². The quantitative estimate of drug-likeness (QED) is 0.304. The molecule has 0 saturated heterocycles. The van der Waals surface area contributed by atoms with Crippen molar-refractivity contribution in [3.8, 4) is 0 Å². The highest BCUT2D eigenvalue weighted by Gasteiger charge is 2.14. The lowest BCUT2D eigenvalue weighted by atomic mass is 9.90. The zero-order valence-electron chi connectivity index (χ0n) is 17.0. The lowest BCUT2D eigenvalue weighted by molar-refractivity contribution is 1.09. The summed E-state index contributed by atoms with van der Waals surface area (Å²) in [5.74, 6) is 0. The van der Waals surface area contributed by atoms with E-state index in [1.54, 1.807) is 0 Å². The first kappa shape index (κ1) is 19.5. The summed E-state index contributed by atoms with van der Waals surface area (Å²) in [6.07, 6.45) is 5.72. The molecule has 0 unspecified atom stereocenters. The van der Waals surface area contributed by atoms with E-state index in [4.69, 9.17) is 11.5 Å². The van der Waals surface area contributed by atoms with Crippen LogP contribution in [0.4, 0.5) is 11.4 Å². The minimum atomic E-state index is 0.643. The molecule has 0 saturated carbocycles. The summed E-state index contributed by atoms with van der Waals surface area (Å²) in [5, 5.41) is 0. The number of anilines is 2. The molecule has 0 aromatic heterocycles. The maximum absolute atomic E-state index is 6.60. The second kappa shape index (κ2) is 9.15. The molecule has 4 N–H and O–H groups in total. The molecule has 4 aromatic carbocycles. The van der Waals surface area contributed by atoms with Gasteiger partial charge in [-0.05, 0) is 52.3 Å². The Morgan fingerprint density at radius 3 is 1.70 bits per heavy atom. The second-order valence-corrected chi connectivity index (χ2v) is 7.50. The van der Waals surface area contributed by atoms with Crippen molar-refractivity contribution in [2.45, 2.75) is 12.8 Å². The van der Waals surface area contributed by atoms with Crippen LogP contribution in [0, 0.1) is 0 Å². The number of hydrogen-bond donors (Lipinski definition) is 2. The number of nitrogen functional groups attached to an aromatic ring is 2. The van der Waals surface area contributed by atoms with E-state index in [1.807, 2.05) is 30.3 Å². The first-order chi connectivity index (χ1) is 14.7. The highest BCUT2D eigenvalue weighted by molar-refractivity contribution is 5.84. The van der Waals surface area contributed by atoms with E-state index < -0.39 is 0 Å². The predicted molar refractivity (Wildman–Crippen MR) is 129 cm³/mol. The van der Waals surface area contributed by atoms with Crippen LogP contribution in [-0.4, -0.2) is 0 Å². The highest BCUT2D eigenvalue weighted by Crippen LogP contribution is 2.32. The summed E-state index contributed by atoms with van der Waals surface area (Å²) in [4.78, 5) is 0. The van der Waals surface area contributed by atoms with Gasteiger partial charge in [-0.3, -0.25) is 0 Å². The van der Waals surface area contributed by atoms with E-state index in [0.717, 1.165) is 29.5 Å². The third-order valence-corrected chi connectivity index (χ3v) is 5.36. The van der Waals surface area contributed by atoms with Crippen LogP contribution in [0.1, 0.15) is 33.4 Å². The zero-order valence-corrected chi connectivity index (χ0v) is 17.0. The molecular formula is C28H26N2. The fourth-order valence-corrected chi connectivity index (χ4v) is 3.71. The maximum Gasteiger partial charge on any atom is 0.0624 e. The van der Waals surface area contributed by atoms with Crippen molar-refractivity contribution in [1.82, 2.24) is 0 Å². The third-order valence-electron chi connectivity index (χ3n) is 5.36. The minimum Gasteiger partial charge on any atom is -0.397 e. The minimum absolute atomic E-state index is 0.643. The van der Waals surface area contributed by atoms with Crippen molar-refractivity contribution in [2.24, 2.45) is 0 Å². The lowest BCUT2D eigenvalue weighted by Crippen LogP contribution is -2.07. The molecule has 4 aromatic rings. The molecule has 0 amide bonds. The van der Waals surface area contributed by atoms with E-state index in [9.17, 15) is 0 Å². The van der Waals surface area contributed by atoms with Crippen molar-refractivity contribution < 1.29 is 0 Å². The average Bonchev–Trinajstić information content (AvgIpc) is 2.80. The van der Waals surface area contributed by atoms with Gasteiger partial charge >= 0.3 is 0 Å². The smallest absolute Gasteiger partial charge is 0.0624 e. The summed E-state index contributed by atoms with van der Waals surface area (Å²) >= 11 is 0. The number of hydrogen-bond acceptors (Lipinski definition) is 2. The summed E-state index contributed by atoms with van der Waals surface area (Å²) in [5.41, 5.74) is 21.3. The van der Waals surface area contributed by atoms with Gasteiger partial charge in [-0.15, -0.1) is 0 Å². The fourth-order valence-electron chi connectivity index (χ4n) is 3.71. The van der Waals surface area contributed by atoms with Crippen LogP contribution >= 0.6 is 0 Å². The van der Waals surface area contributed by atoms with Gasteiger partial charge in [-0.25, -0.2) is 0 Å². The molecule has 0 aliphatic heterocycles. The Hall–Kier alpha value is -3.78.